The van der Waals surface area contributed by atoms with Gasteiger partial charge in [-0.05, 0) is 25.8 Å². The number of carbonyl (C=O) groups excluding carboxylic acids is 1. The molecule has 0 bridgehead atoms. The normalized spacial score (nSPS) is 16.9. The lowest BCUT2D eigenvalue weighted by Crippen LogP contribution is -2.30. The van der Waals surface area contributed by atoms with Gasteiger partial charge < -0.3 is 10.2 Å². The summed E-state index contributed by atoms with van der Waals surface area (Å²) in [5.41, 5.74) is 1.27. The molecule has 0 atom stereocenters. The Morgan fingerprint density at radius 1 is 1.27 bits per heavy atom. The Morgan fingerprint density at radius 2 is 1.97 bits per heavy atom. The lowest BCUT2D eigenvalue weighted by atomic mass is 10.1. The third-order valence-corrected chi connectivity index (χ3v) is 6.36. The summed E-state index contributed by atoms with van der Waals surface area (Å²) in [6.07, 6.45) is 3.05. The number of aryl methyl sites for hydroxylation is 1. The molecule has 1 fully saturated rings. The molecule has 1 amide bonds. The van der Waals surface area contributed by atoms with Crippen molar-refractivity contribution in [3.05, 3.63) is 34.2 Å². The van der Waals surface area contributed by atoms with Gasteiger partial charge in [-0.3, -0.25) is 4.79 Å². The Morgan fingerprint density at radius 3 is 2.60 bits per heavy atom. The number of pyridine rings is 1. The van der Waals surface area contributed by atoms with Gasteiger partial charge in [0.05, 0.1) is 40.6 Å². The molecule has 0 saturated carbocycles. The zero-order valence-electron chi connectivity index (χ0n) is 16.7. The molecule has 0 aromatic carbocycles. The van der Waals surface area contributed by atoms with Crippen LogP contribution in [0.4, 0.5) is 20.3 Å². The van der Waals surface area contributed by atoms with Crippen molar-refractivity contribution in [1.82, 2.24) is 14.2 Å². The smallest absolute Gasteiger partial charge is 0.259 e. The molecule has 2 aromatic rings. The number of nitrogens with zero attached hydrogens (tertiary/aromatic N) is 4. The number of nitrogens with one attached hydrogen (secondary N) is 1. The first kappa shape index (κ1) is 22.4. The molecule has 0 unspecified atom stereocenters. The highest BCUT2D eigenvalue weighted by molar-refractivity contribution is 7.89. The third-order valence-electron chi connectivity index (χ3n) is 4.92. The molecule has 0 spiro atoms. The minimum Gasteiger partial charge on any atom is -0.356 e. The van der Waals surface area contributed by atoms with E-state index in [9.17, 15) is 22.0 Å². The third kappa shape index (κ3) is 4.72. The average molecular weight is 462 g/mol. The molecule has 1 saturated heterocycles. The average Bonchev–Trinajstić information content (AvgIpc) is 3.03. The summed E-state index contributed by atoms with van der Waals surface area (Å²) in [6, 6.07) is 0. The van der Waals surface area contributed by atoms with Gasteiger partial charge in [0.1, 0.15) is 5.82 Å². The lowest BCUT2D eigenvalue weighted by Gasteiger charge is -2.26. The highest BCUT2D eigenvalue weighted by Crippen LogP contribution is 2.34. The summed E-state index contributed by atoms with van der Waals surface area (Å²) in [4.78, 5) is 19.2. The van der Waals surface area contributed by atoms with Crippen molar-refractivity contribution in [2.24, 2.45) is 0 Å². The Kier molecular flexibility index (Phi) is 6.06. The van der Waals surface area contributed by atoms with E-state index in [1.54, 1.807) is 18.7 Å². The van der Waals surface area contributed by atoms with E-state index in [-0.39, 0.29) is 42.9 Å². The molecule has 3 rings (SSSR count). The monoisotopic (exact) mass is 461 g/mol. The van der Waals surface area contributed by atoms with Gasteiger partial charge >= 0.3 is 0 Å². The van der Waals surface area contributed by atoms with Crippen LogP contribution < -0.4 is 10.2 Å². The standard InChI is InChI=1S/C18H22ClF2N5O3S/c1-11-14(17(27)24-13-9-22-26(10-13)30(3,28)29)16(23-12(2)15(11)19)25-7-4-5-18(20,21)6-8-25/h9-10H,4-8H2,1-3H3,(H,24,27). The minimum absolute atomic E-state index is 0.0484. The highest BCUT2D eigenvalue weighted by Gasteiger charge is 2.34. The molecule has 12 heteroatoms. The van der Waals surface area contributed by atoms with Crippen LogP contribution in [0.3, 0.4) is 0 Å². The number of aromatic nitrogens is 3. The van der Waals surface area contributed by atoms with Crippen LogP contribution in [0, 0.1) is 13.8 Å². The molecule has 30 heavy (non-hydrogen) atoms. The predicted molar refractivity (Wildman–Crippen MR) is 110 cm³/mol. The van der Waals surface area contributed by atoms with E-state index in [0.29, 0.717) is 22.8 Å². The Hall–Kier alpha value is -2.27. The van der Waals surface area contributed by atoms with Crippen molar-refractivity contribution in [2.45, 2.75) is 39.0 Å². The summed E-state index contributed by atoms with van der Waals surface area (Å²) < 4.78 is 51.5. The van der Waals surface area contributed by atoms with Gasteiger partial charge in [-0.25, -0.2) is 22.2 Å². The number of rotatable bonds is 4. The molecular formula is C18H22ClF2N5O3S. The second-order valence-electron chi connectivity index (χ2n) is 7.35. The van der Waals surface area contributed by atoms with Gasteiger partial charge in [-0.2, -0.15) is 9.19 Å². The maximum absolute atomic E-state index is 13.8. The van der Waals surface area contributed by atoms with E-state index >= 15 is 0 Å². The highest BCUT2D eigenvalue weighted by atomic mass is 35.5. The Balaban J connectivity index is 1.97. The Bertz CT molecular complexity index is 1090. The van der Waals surface area contributed by atoms with Gasteiger partial charge in [0, 0.05) is 25.9 Å². The number of hydrogen-bond donors (Lipinski definition) is 1. The van der Waals surface area contributed by atoms with Crippen molar-refractivity contribution < 1.29 is 22.0 Å². The summed E-state index contributed by atoms with van der Waals surface area (Å²) in [5.74, 6) is -3.06. The SMILES string of the molecule is Cc1nc(N2CCCC(F)(F)CC2)c(C(=O)Nc2cnn(S(C)(=O)=O)c2)c(C)c1Cl. The molecule has 0 radical (unpaired) electrons. The fourth-order valence-electron chi connectivity index (χ4n) is 3.33. The van der Waals surface area contributed by atoms with E-state index in [1.165, 1.54) is 6.20 Å². The van der Waals surface area contributed by atoms with E-state index in [2.05, 4.69) is 15.4 Å². The molecular weight excluding hydrogens is 440 g/mol. The zero-order valence-corrected chi connectivity index (χ0v) is 18.3. The van der Waals surface area contributed by atoms with Crippen molar-refractivity contribution in [3.63, 3.8) is 0 Å². The van der Waals surface area contributed by atoms with Crippen LogP contribution in [0.25, 0.3) is 0 Å². The molecule has 164 valence electrons. The molecule has 3 heterocycles. The van der Waals surface area contributed by atoms with Crippen molar-refractivity contribution in [2.75, 3.05) is 29.6 Å². The molecule has 1 N–H and O–H groups in total. The van der Waals surface area contributed by atoms with Gasteiger partial charge in [0.25, 0.3) is 15.9 Å². The van der Waals surface area contributed by atoms with Gasteiger partial charge in [0.2, 0.25) is 5.92 Å². The van der Waals surface area contributed by atoms with E-state index in [0.717, 1.165) is 16.5 Å². The first-order valence-corrected chi connectivity index (χ1v) is 11.5. The fourth-order valence-corrected chi connectivity index (χ4v) is 3.99. The summed E-state index contributed by atoms with van der Waals surface area (Å²) in [6.45, 7) is 3.72. The van der Waals surface area contributed by atoms with Gasteiger partial charge in [0.15, 0.2) is 0 Å². The summed E-state index contributed by atoms with van der Waals surface area (Å²) in [7, 11) is -3.60. The molecule has 1 aliphatic heterocycles. The second-order valence-corrected chi connectivity index (χ2v) is 9.57. The van der Waals surface area contributed by atoms with Crippen LogP contribution in [-0.2, 0) is 10.0 Å². The largest absolute Gasteiger partial charge is 0.356 e. The number of carbonyl (C=O) groups is 1. The van der Waals surface area contributed by atoms with E-state index in [1.807, 2.05) is 0 Å². The molecule has 2 aromatic heterocycles. The van der Waals surface area contributed by atoms with E-state index in [4.69, 9.17) is 11.6 Å². The van der Waals surface area contributed by atoms with Crippen LogP contribution >= 0.6 is 11.6 Å². The Labute approximate surface area is 178 Å². The maximum Gasteiger partial charge on any atom is 0.259 e. The second kappa shape index (κ2) is 8.10. The number of hydrogen-bond acceptors (Lipinski definition) is 6. The molecule has 8 nitrogen and oxygen atoms in total. The summed E-state index contributed by atoms with van der Waals surface area (Å²) in [5, 5.41) is 6.60. The zero-order chi connectivity index (χ0) is 22.3. The van der Waals surface area contributed by atoms with E-state index < -0.39 is 21.9 Å². The van der Waals surface area contributed by atoms with Crippen LogP contribution in [0.2, 0.25) is 5.02 Å². The lowest BCUT2D eigenvalue weighted by molar-refractivity contribution is -0.0102. The van der Waals surface area contributed by atoms with Gasteiger partial charge in [-0.1, -0.05) is 11.6 Å². The minimum atomic E-state index is -3.60. The van der Waals surface area contributed by atoms with Crippen LogP contribution in [-0.4, -0.2) is 53.8 Å². The number of alkyl halides is 2. The first-order chi connectivity index (χ1) is 13.9. The number of amides is 1. The quantitative estimate of drug-likeness (QED) is 0.750. The number of anilines is 2. The van der Waals surface area contributed by atoms with Crippen molar-refractivity contribution in [3.8, 4) is 0 Å². The number of halogens is 3. The molecule has 0 aliphatic carbocycles. The maximum atomic E-state index is 13.8. The predicted octanol–water partition coefficient (Wildman–Crippen LogP) is 3.23. The van der Waals surface area contributed by atoms with Gasteiger partial charge in [-0.15, -0.1) is 0 Å². The van der Waals surface area contributed by atoms with Crippen molar-refractivity contribution >= 4 is 39.0 Å². The van der Waals surface area contributed by atoms with Crippen molar-refractivity contribution in [1.29, 1.82) is 0 Å². The molecule has 1 aliphatic rings. The van der Waals surface area contributed by atoms with Crippen LogP contribution in [0.1, 0.15) is 40.9 Å². The van der Waals surface area contributed by atoms with Crippen LogP contribution in [0.15, 0.2) is 12.4 Å². The van der Waals surface area contributed by atoms with Crippen LogP contribution in [0.5, 0.6) is 0 Å². The first-order valence-electron chi connectivity index (χ1n) is 9.25. The fraction of sp³-hybridized carbons (Fsp3) is 0.500. The summed E-state index contributed by atoms with van der Waals surface area (Å²) >= 11 is 6.31. The topological polar surface area (TPSA) is 97.2 Å².